The summed E-state index contributed by atoms with van der Waals surface area (Å²) >= 11 is 1.38. The van der Waals surface area contributed by atoms with Gasteiger partial charge in [-0.3, -0.25) is 19.3 Å². The maximum Gasteiger partial charge on any atom is 0.267 e. The minimum atomic E-state index is -0.288. The molecule has 0 saturated carbocycles. The summed E-state index contributed by atoms with van der Waals surface area (Å²) in [6.45, 7) is 4.77. The van der Waals surface area contributed by atoms with Crippen molar-refractivity contribution < 1.29 is 19.1 Å². The fraction of sp³-hybridized carbons (Fsp3) is 0.292. The number of anilines is 1. The van der Waals surface area contributed by atoms with Gasteiger partial charge < -0.3 is 10.1 Å². The number of carbonyl (C=O) groups is 3. The van der Waals surface area contributed by atoms with E-state index in [1.54, 1.807) is 24.3 Å². The number of ether oxygens (including phenoxy) is 1. The highest BCUT2D eigenvalue weighted by Gasteiger charge is 2.38. The van der Waals surface area contributed by atoms with E-state index in [0.29, 0.717) is 53.7 Å². The Morgan fingerprint density at radius 3 is 2.39 bits per heavy atom. The van der Waals surface area contributed by atoms with Gasteiger partial charge in [-0.15, -0.1) is 11.8 Å². The molecule has 3 rings (SSSR count). The molecule has 0 aliphatic carbocycles. The Morgan fingerprint density at radius 2 is 1.74 bits per heavy atom. The number of nitrogens with one attached hydrogen (secondary N) is 1. The Kier molecular flexibility index (Phi) is 8.03. The molecule has 31 heavy (non-hydrogen) atoms. The minimum Gasteiger partial charge on any atom is -0.382 e. The molecular weight excluding hydrogens is 412 g/mol. The van der Waals surface area contributed by atoms with Crippen LogP contribution in [0.15, 0.2) is 59.5 Å². The highest BCUT2D eigenvalue weighted by Crippen LogP contribution is 2.37. The number of nitrogens with zero attached hydrogens (tertiary/aromatic N) is 1. The number of benzene rings is 2. The topological polar surface area (TPSA) is 75.7 Å². The third-order valence-corrected chi connectivity index (χ3v) is 5.87. The zero-order valence-corrected chi connectivity index (χ0v) is 18.5. The number of thioether (sulfide) groups is 1. The summed E-state index contributed by atoms with van der Waals surface area (Å²) in [6.07, 6.45) is 0.594. The van der Waals surface area contributed by atoms with E-state index >= 15 is 0 Å². The van der Waals surface area contributed by atoms with Gasteiger partial charge in [-0.25, -0.2) is 0 Å². The molecule has 162 valence electrons. The lowest BCUT2D eigenvalue weighted by Crippen LogP contribution is -2.33. The molecule has 3 amide bonds. The summed E-state index contributed by atoms with van der Waals surface area (Å²) in [7, 11) is 0. The van der Waals surface area contributed by atoms with Crippen LogP contribution in [0.25, 0.3) is 5.57 Å². The summed E-state index contributed by atoms with van der Waals surface area (Å²) < 4.78 is 5.35. The SMILES string of the molecule is CCOCCCN1C(=O)C(SCc2ccccc2)=C(c2ccc(NC(C)=O)cc2)C1=O. The van der Waals surface area contributed by atoms with Crippen LogP contribution in [0.4, 0.5) is 5.69 Å². The van der Waals surface area contributed by atoms with Crippen molar-refractivity contribution in [1.29, 1.82) is 0 Å². The molecule has 0 unspecified atom stereocenters. The molecule has 2 aromatic carbocycles. The van der Waals surface area contributed by atoms with Crippen molar-refractivity contribution >= 4 is 40.7 Å². The molecule has 1 aliphatic heterocycles. The van der Waals surface area contributed by atoms with Crippen LogP contribution < -0.4 is 5.32 Å². The predicted molar refractivity (Wildman–Crippen MR) is 123 cm³/mol. The number of amides is 3. The first-order valence-corrected chi connectivity index (χ1v) is 11.2. The second-order valence-electron chi connectivity index (χ2n) is 7.05. The van der Waals surface area contributed by atoms with E-state index in [4.69, 9.17) is 4.74 Å². The Morgan fingerprint density at radius 1 is 1.03 bits per heavy atom. The molecule has 1 N–H and O–H groups in total. The van der Waals surface area contributed by atoms with E-state index < -0.39 is 0 Å². The lowest BCUT2D eigenvalue weighted by atomic mass is 10.1. The van der Waals surface area contributed by atoms with Gasteiger partial charge in [-0.1, -0.05) is 42.5 Å². The first kappa shape index (κ1) is 22.8. The van der Waals surface area contributed by atoms with E-state index in [-0.39, 0.29) is 17.7 Å². The van der Waals surface area contributed by atoms with Crippen molar-refractivity contribution in [3.05, 3.63) is 70.6 Å². The number of hydrogen-bond acceptors (Lipinski definition) is 5. The quantitative estimate of drug-likeness (QED) is 0.447. The molecule has 1 heterocycles. The van der Waals surface area contributed by atoms with Crippen LogP contribution in [0.2, 0.25) is 0 Å². The molecule has 0 bridgehead atoms. The summed E-state index contributed by atoms with van der Waals surface area (Å²) in [5.74, 6) is -0.124. The fourth-order valence-electron chi connectivity index (χ4n) is 3.27. The summed E-state index contributed by atoms with van der Waals surface area (Å²) in [4.78, 5) is 39.4. The van der Waals surface area contributed by atoms with Gasteiger partial charge in [0.15, 0.2) is 0 Å². The molecule has 0 radical (unpaired) electrons. The van der Waals surface area contributed by atoms with Crippen LogP contribution in [-0.4, -0.2) is 42.4 Å². The number of carbonyl (C=O) groups excluding carboxylic acids is 3. The summed E-state index contributed by atoms with van der Waals surface area (Å²) in [5, 5.41) is 2.71. The third kappa shape index (κ3) is 5.83. The molecular formula is C24H26N2O4S. The molecule has 7 heteroatoms. The first-order valence-electron chi connectivity index (χ1n) is 10.2. The summed E-state index contributed by atoms with van der Waals surface area (Å²) in [5.41, 5.74) is 2.79. The maximum absolute atomic E-state index is 13.2. The van der Waals surface area contributed by atoms with Gasteiger partial charge >= 0.3 is 0 Å². The Hall–Kier alpha value is -2.90. The van der Waals surface area contributed by atoms with Crippen LogP contribution in [0, 0.1) is 0 Å². The van der Waals surface area contributed by atoms with Crippen molar-refractivity contribution in [2.75, 3.05) is 25.1 Å². The van der Waals surface area contributed by atoms with Crippen molar-refractivity contribution in [2.24, 2.45) is 0 Å². The Balaban J connectivity index is 1.86. The molecule has 0 saturated heterocycles. The van der Waals surface area contributed by atoms with Gasteiger partial charge in [0.25, 0.3) is 11.8 Å². The van der Waals surface area contributed by atoms with Gasteiger partial charge in [0.1, 0.15) is 0 Å². The second kappa shape index (κ2) is 10.9. The van der Waals surface area contributed by atoms with Crippen LogP contribution in [0.1, 0.15) is 31.4 Å². The molecule has 0 atom stereocenters. The average molecular weight is 439 g/mol. The number of rotatable bonds is 10. The average Bonchev–Trinajstić information content (AvgIpc) is 3.00. The number of hydrogen-bond donors (Lipinski definition) is 1. The maximum atomic E-state index is 13.2. The van der Waals surface area contributed by atoms with Crippen molar-refractivity contribution in [2.45, 2.75) is 26.0 Å². The van der Waals surface area contributed by atoms with Gasteiger partial charge in [0, 0.05) is 38.1 Å². The lowest BCUT2D eigenvalue weighted by Gasteiger charge is -2.15. The van der Waals surface area contributed by atoms with Crippen LogP contribution >= 0.6 is 11.8 Å². The third-order valence-electron chi connectivity index (χ3n) is 4.72. The second-order valence-corrected chi connectivity index (χ2v) is 8.03. The van der Waals surface area contributed by atoms with Gasteiger partial charge in [-0.2, -0.15) is 0 Å². The highest BCUT2D eigenvalue weighted by atomic mass is 32.2. The monoisotopic (exact) mass is 438 g/mol. The normalized spacial score (nSPS) is 13.8. The van der Waals surface area contributed by atoms with E-state index in [9.17, 15) is 14.4 Å². The molecule has 6 nitrogen and oxygen atoms in total. The van der Waals surface area contributed by atoms with Gasteiger partial charge in [-0.05, 0) is 36.6 Å². The molecule has 1 aliphatic rings. The molecule has 0 fully saturated rings. The van der Waals surface area contributed by atoms with E-state index in [1.807, 2.05) is 37.3 Å². The molecule has 0 spiro atoms. The smallest absolute Gasteiger partial charge is 0.267 e. The van der Waals surface area contributed by atoms with E-state index in [0.717, 1.165) is 5.56 Å². The van der Waals surface area contributed by atoms with Crippen molar-refractivity contribution in [3.63, 3.8) is 0 Å². The zero-order chi connectivity index (χ0) is 22.2. The standard InChI is InChI=1S/C24H26N2O4S/c1-3-30-15-7-14-26-23(28)21(19-10-12-20(13-11-19)25-17(2)27)22(24(26)29)31-16-18-8-5-4-6-9-18/h4-6,8-13H,3,7,14-16H2,1-2H3,(H,25,27). The molecule has 2 aromatic rings. The van der Waals surface area contributed by atoms with Crippen molar-refractivity contribution in [3.8, 4) is 0 Å². The first-order chi connectivity index (χ1) is 15.0. The Labute approximate surface area is 186 Å². The lowest BCUT2D eigenvalue weighted by molar-refractivity contribution is -0.136. The number of imide groups is 1. The fourth-order valence-corrected chi connectivity index (χ4v) is 4.35. The predicted octanol–water partition coefficient (Wildman–Crippen LogP) is 4.08. The van der Waals surface area contributed by atoms with Crippen LogP contribution in [0.5, 0.6) is 0 Å². The van der Waals surface area contributed by atoms with Crippen LogP contribution in [-0.2, 0) is 24.9 Å². The van der Waals surface area contributed by atoms with Crippen molar-refractivity contribution in [1.82, 2.24) is 4.90 Å². The van der Waals surface area contributed by atoms with Gasteiger partial charge in [0.05, 0.1) is 10.5 Å². The summed E-state index contributed by atoms with van der Waals surface area (Å²) in [6, 6.07) is 16.8. The minimum absolute atomic E-state index is 0.168. The molecule has 0 aromatic heterocycles. The Bertz CT molecular complexity index is 971. The van der Waals surface area contributed by atoms with Crippen LogP contribution in [0.3, 0.4) is 0 Å². The van der Waals surface area contributed by atoms with Gasteiger partial charge in [0.2, 0.25) is 5.91 Å². The highest BCUT2D eigenvalue weighted by molar-refractivity contribution is 8.03. The zero-order valence-electron chi connectivity index (χ0n) is 17.7. The largest absolute Gasteiger partial charge is 0.382 e. The van der Waals surface area contributed by atoms with E-state index in [1.165, 1.54) is 23.6 Å². The van der Waals surface area contributed by atoms with E-state index in [2.05, 4.69) is 5.32 Å².